The van der Waals surface area contributed by atoms with Crippen molar-refractivity contribution in [2.45, 2.75) is 31.8 Å². The van der Waals surface area contributed by atoms with Crippen LogP contribution in [0.3, 0.4) is 0 Å². The Balaban J connectivity index is 1.44. The summed E-state index contributed by atoms with van der Waals surface area (Å²) >= 11 is 0. The van der Waals surface area contributed by atoms with Gasteiger partial charge < -0.3 is 14.6 Å². The molecular formula is C25H30N4O2. The van der Waals surface area contributed by atoms with Crippen LogP contribution in [0.4, 0.5) is 0 Å². The maximum atomic E-state index is 12.9. The van der Waals surface area contributed by atoms with Crippen molar-refractivity contribution in [2.75, 3.05) is 26.7 Å². The number of hydrogen-bond donors (Lipinski definition) is 1. The van der Waals surface area contributed by atoms with E-state index in [9.17, 15) is 4.79 Å². The number of carbonyl (C=O) groups is 1. The maximum Gasteiger partial charge on any atom is 0.251 e. The Morgan fingerprint density at radius 2 is 1.87 bits per heavy atom. The van der Waals surface area contributed by atoms with Crippen LogP contribution in [0.15, 0.2) is 67.3 Å². The van der Waals surface area contributed by atoms with Crippen LogP contribution in [0.5, 0.6) is 5.75 Å². The number of likely N-dealkylation sites (tertiary alicyclic amines) is 1. The zero-order valence-corrected chi connectivity index (χ0v) is 18.0. The summed E-state index contributed by atoms with van der Waals surface area (Å²) in [4.78, 5) is 19.4. The fourth-order valence-electron chi connectivity index (χ4n) is 4.25. The number of amides is 1. The fraction of sp³-hybridized carbons (Fsp3) is 0.360. The summed E-state index contributed by atoms with van der Waals surface area (Å²) in [5.41, 5.74) is 2.93. The molecule has 1 unspecified atom stereocenters. The van der Waals surface area contributed by atoms with Gasteiger partial charge in [-0.3, -0.25) is 9.69 Å². The molecule has 3 aromatic rings. The number of para-hydroxylation sites is 1. The third-order valence-electron chi connectivity index (χ3n) is 5.93. The smallest absolute Gasteiger partial charge is 0.251 e. The largest absolute Gasteiger partial charge is 0.496 e. The number of methoxy groups -OCH3 is 1. The normalized spacial score (nSPS) is 15.4. The van der Waals surface area contributed by atoms with Crippen molar-refractivity contribution in [3.63, 3.8) is 0 Å². The van der Waals surface area contributed by atoms with E-state index in [1.165, 1.54) is 19.3 Å². The Hall–Kier alpha value is -3.12. The van der Waals surface area contributed by atoms with E-state index in [1.54, 1.807) is 19.6 Å². The van der Waals surface area contributed by atoms with Crippen LogP contribution >= 0.6 is 0 Å². The van der Waals surface area contributed by atoms with Crippen molar-refractivity contribution < 1.29 is 9.53 Å². The second-order valence-electron chi connectivity index (χ2n) is 8.00. The summed E-state index contributed by atoms with van der Waals surface area (Å²) < 4.78 is 7.62. The first-order chi connectivity index (χ1) is 15.2. The van der Waals surface area contributed by atoms with Crippen molar-refractivity contribution in [2.24, 2.45) is 0 Å². The molecule has 2 heterocycles. The Bertz CT molecular complexity index is 963. The standard InChI is InChI=1S/C25H30N4O2/c1-31-24-8-4-3-7-22(24)23(29-14-5-2-6-15-29)17-27-25(30)21-11-9-20(10-12-21)18-28-16-13-26-19-28/h3-4,7-13,16,19,23H,2,5-6,14-15,17-18H2,1H3,(H,27,30). The third kappa shape index (κ3) is 5.33. The molecule has 0 bridgehead atoms. The van der Waals surface area contributed by atoms with Gasteiger partial charge in [0.05, 0.1) is 19.5 Å². The van der Waals surface area contributed by atoms with E-state index in [1.807, 2.05) is 53.2 Å². The molecule has 1 aliphatic rings. The molecule has 0 saturated carbocycles. The van der Waals surface area contributed by atoms with Gasteiger partial charge in [-0.2, -0.15) is 0 Å². The maximum absolute atomic E-state index is 12.9. The van der Waals surface area contributed by atoms with Crippen LogP contribution in [0, 0.1) is 0 Å². The molecule has 0 spiro atoms. The predicted molar refractivity (Wildman–Crippen MR) is 121 cm³/mol. The molecular weight excluding hydrogens is 388 g/mol. The Morgan fingerprint density at radius 1 is 1.10 bits per heavy atom. The van der Waals surface area contributed by atoms with E-state index in [4.69, 9.17) is 4.74 Å². The second-order valence-corrected chi connectivity index (χ2v) is 8.00. The van der Waals surface area contributed by atoms with Crippen molar-refractivity contribution in [3.05, 3.63) is 83.9 Å². The summed E-state index contributed by atoms with van der Waals surface area (Å²) in [6, 6.07) is 16.0. The molecule has 6 heteroatoms. The lowest BCUT2D eigenvalue weighted by molar-refractivity contribution is 0.0923. The summed E-state index contributed by atoms with van der Waals surface area (Å²) in [6.45, 7) is 3.38. The molecule has 4 rings (SSSR count). The molecule has 6 nitrogen and oxygen atoms in total. The lowest BCUT2D eigenvalue weighted by Gasteiger charge is -2.35. The molecule has 1 N–H and O–H groups in total. The highest BCUT2D eigenvalue weighted by atomic mass is 16.5. The van der Waals surface area contributed by atoms with Crippen molar-refractivity contribution >= 4 is 5.91 Å². The van der Waals surface area contributed by atoms with Gasteiger partial charge in [0.15, 0.2) is 0 Å². The van der Waals surface area contributed by atoms with Crippen LogP contribution in [0.2, 0.25) is 0 Å². The molecule has 31 heavy (non-hydrogen) atoms. The molecule has 1 aromatic heterocycles. The van der Waals surface area contributed by atoms with Gasteiger partial charge in [-0.1, -0.05) is 36.8 Å². The molecule has 0 radical (unpaired) electrons. The number of benzene rings is 2. The zero-order valence-electron chi connectivity index (χ0n) is 18.0. The molecule has 2 aromatic carbocycles. The fourth-order valence-corrected chi connectivity index (χ4v) is 4.25. The highest BCUT2D eigenvalue weighted by Gasteiger charge is 2.25. The van der Waals surface area contributed by atoms with E-state index in [0.29, 0.717) is 12.1 Å². The first kappa shape index (κ1) is 21.1. The molecule has 1 aliphatic heterocycles. The zero-order chi connectivity index (χ0) is 21.5. The molecule has 1 fully saturated rings. The van der Waals surface area contributed by atoms with Gasteiger partial charge in [-0.25, -0.2) is 4.98 Å². The number of rotatable bonds is 8. The van der Waals surface area contributed by atoms with E-state index >= 15 is 0 Å². The monoisotopic (exact) mass is 418 g/mol. The first-order valence-electron chi connectivity index (χ1n) is 10.9. The predicted octanol–water partition coefficient (Wildman–Crippen LogP) is 3.90. The summed E-state index contributed by atoms with van der Waals surface area (Å²) in [7, 11) is 1.70. The Kier molecular flexibility index (Phi) is 6.99. The summed E-state index contributed by atoms with van der Waals surface area (Å²) in [5, 5.41) is 3.16. The van der Waals surface area contributed by atoms with Crippen LogP contribution in [-0.2, 0) is 6.54 Å². The highest BCUT2D eigenvalue weighted by molar-refractivity contribution is 5.94. The number of piperidine rings is 1. The van der Waals surface area contributed by atoms with Crippen molar-refractivity contribution in [3.8, 4) is 5.75 Å². The van der Waals surface area contributed by atoms with Gasteiger partial charge in [0, 0.05) is 36.6 Å². The molecule has 1 amide bonds. The van der Waals surface area contributed by atoms with Gasteiger partial charge in [0.2, 0.25) is 0 Å². The van der Waals surface area contributed by atoms with E-state index < -0.39 is 0 Å². The molecule has 0 aliphatic carbocycles. The van der Waals surface area contributed by atoms with Crippen LogP contribution in [0.25, 0.3) is 0 Å². The number of nitrogens with zero attached hydrogens (tertiary/aromatic N) is 3. The van der Waals surface area contributed by atoms with Crippen molar-refractivity contribution in [1.29, 1.82) is 0 Å². The first-order valence-corrected chi connectivity index (χ1v) is 10.9. The third-order valence-corrected chi connectivity index (χ3v) is 5.93. The van der Waals surface area contributed by atoms with Crippen LogP contribution in [0.1, 0.15) is 46.8 Å². The van der Waals surface area contributed by atoms with E-state index in [0.717, 1.165) is 36.5 Å². The number of nitrogens with one attached hydrogen (secondary N) is 1. The van der Waals surface area contributed by atoms with Gasteiger partial charge in [-0.15, -0.1) is 0 Å². The Labute approximate surface area is 183 Å². The average molecular weight is 419 g/mol. The Morgan fingerprint density at radius 3 is 2.58 bits per heavy atom. The second kappa shape index (κ2) is 10.3. The number of imidazole rings is 1. The van der Waals surface area contributed by atoms with Crippen LogP contribution < -0.4 is 10.1 Å². The topological polar surface area (TPSA) is 59.4 Å². The number of carbonyl (C=O) groups excluding carboxylic acids is 1. The van der Waals surface area contributed by atoms with Crippen LogP contribution in [-0.4, -0.2) is 47.1 Å². The minimum atomic E-state index is -0.0499. The van der Waals surface area contributed by atoms with E-state index in [2.05, 4.69) is 21.3 Å². The van der Waals surface area contributed by atoms with Crippen molar-refractivity contribution in [1.82, 2.24) is 19.8 Å². The molecule has 1 atom stereocenters. The van der Waals surface area contributed by atoms with Gasteiger partial charge in [-0.05, 0) is 49.7 Å². The summed E-state index contributed by atoms with van der Waals surface area (Å²) in [5.74, 6) is 0.822. The quantitative estimate of drug-likeness (QED) is 0.603. The lowest BCUT2D eigenvalue weighted by atomic mass is 10.0. The van der Waals surface area contributed by atoms with E-state index in [-0.39, 0.29) is 11.9 Å². The average Bonchev–Trinajstić information content (AvgIpc) is 3.33. The SMILES string of the molecule is COc1ccccc1C(CNC(=O)c1ccc(Cn2ccnc2)cc1)N1CCCCC1. The highest BCUT2D eigenvalue weighted by Crippen LogP contribution is 2.31. The minimum absolute atomic E-state index is 0.0499. The number of ether oxygens (including phenoxy) is 1. The lowest BCUT2D eigenvalue weighted by Crippen LogP contribution is -2.40. The number of aromatic nitrogens is 2. The number of hydrogen-bond acceptors (Lipinski definition) is 4. The summed E-state index contributed by atoms with van der Waals surface area (Å²) in [6.07, 6.45) is 9.14. The molecule has 162 valence electrons. The van der Waals surface area contributed by atoms with Gasteiger partial charge >= 0.3 is 0 Å². The van der Waals surface area contributed by atoms with Gasteiger partial charge in [0.1, 0.15) is 5.75 Å². The van der Waals surface area contributed by atoms with Gasteiger partial charge in [0.25, 0.3) is 5.91 Å². The molecule has 1 saturated heterocycles. The minimum Gasteiger partial charge on any atom is -0.496 e.